The number of imidazole rings is 1. The topological polar surface area (TPSA) is 52.0 Å². The van der Waals surface area contributed by atoms with Gasteiger partial charge in [-0.05, 0) is 31.2 Å². The van der Waals surface area contributed by atoms with E-state index in [4.69, 9.17) is 4.74 Å². The molecule has 23 heavy (non-hydrogen) atoms. The van der Waals surface area contributed by atoms with Gasteiger partial charge >= 0.3 is 0 Å². The van der Waals surface area contributed by atoms with Gasteiger partial charge in [-0.1, -0.05) is 18.2 Å². The minimum atomic E-state index is 0.260. The number of nitrogens with one attached hydrogen (secondary N) is 1. The first-order chi connectivity index (χ1) is 11.3. The molecule has 1 atom stereocenters. The Labute approximate surface area is 135 Å². The number of hydrogen-bond donors (Lipinski definition) is 1. The largest absolute Gasteiger partial charge is 0.371 e. The maximum Gasteiger partial charge on any atom is 0.136 e. The number of pyridine rings is 1. The molecule has 4 rings (SSSR count). The highest BCUT2D eigenvalue weighted by Gasteiger charge is 2.23. The minimum absolute atomic E-state index is 0.260. The zero-order valence-electron chi connectivity index (χ0n) is 13.2. The van der Waals surface area contributed by atoms with Crippen LogP contribution < -0.4 is 5.32 Å². The van der Waals surface area contributed by atoms with Gasteiger partial charge < -0.3 is 14.6 Å². The van der Waals surface area contributed by atoms with Gasteiger partial charge in [-0.25, -0.2) is 4.98 Å². The third kappa shape index (κ3) is 2.85. The Kier molecular flexibility index (Phi) is 3.81. The number of fused-ring (bicyclic) bond motifs is 3. The van der Waals surface area contributed by atoms with Crippen molar-refractivity contribution >= 4 is 11.0 Å². The van der Waals surface area contributed by atoms with E-state index in [-0.39, 0.29) is 6.04 Å². The van der Waals surface area contributed by atoms with E-state index < -0.39 is 0 Å². The van der Waals surface area contributed by atoms with Crippen molar-refractivity contribution in [3.05, 3.63) is 59.7 Å². The van der Waals surface area contributed by atoms with Gasteiger partial charge in [-0.2, -0.15) is 0 Å². The fourth-order valence-electron chi connectivity index (χ4n) is 3.18. The monoisotopic (exact) mass is 308 g/mol. The molecule has 3 heterocycles. The van der Waals surface area contributed by atoms with Crippen molar-refractivity contribution < 1.29 is 4.74 Å². The first-order valence-corrected chi connectivity index (χ1v) is 7.98. The van der Waals surface area contributed by atoms with Crippen molar-refractivity contribution in [3.8, 4) is 0 Å². The van der Waals surface area contributed by atoms with Crippen LogP contribution in [0, 0.1) is 6.92 Å². The van der Waals surface area contributed by atoms with Gasteiger partial charge in [-0.15, -0.1) is 0 Å². The second kappa shape index (κ2) is 6.10. The molecule has 0 fully saturated rings. The molecule has 0 aliphatic carbocycles. The van der Waals surface area contributed by atoms with Gasteiger partial charge in [0, 0.05) is 18.8 Å². The summed E-state index contributed by atoms with van der Waals surface area (Å²) in [6.45, 7) is 4.91. The van der Waals surface area contributed by atoms with E-state index in [9.17, 15) is 0 Å². The minimum Gasteiger partial charge on any atom is -0.371 e. The lowest BCUT2D eigenvalue weighted by Gasteiger charge is -2.26. The number of nitrogens with zero attached hydrogens (tertiary/aromatic N) is 3. The van der Waals surface area contributed by atoms with Gasteiger partial charge in [0.25, 0.3) is 0 Å². The quantitative estimate of drug-likeness (QED) is 0.805. The number of aromatic nitrogens is 3. The van der Waals surface area contributed by atoms with E-state index in [1.807, 2.05) is 25.1 Å². The summed E-state index contributed by atoms with van der Waals surface area (Å²) in [5.41, 5.74) is 4.34. The van der Waals surface area contributed by atoms with Crippen LogP contribution in [0.4, 0.5) is 0 Å². The zero-order chi connectivity index (χ0) is 15.6. The predicted octanol–water partition coefficient (Wildman–Crippen LogP) is 2.60. The normalized spacial score (nSPS) is 17.3. The van der Waals surface area contributed by atoms with Crippen LogP contribution in [0.15, 0.2) is 42.5 Å². The Morgan fingerprint density at radius 3 is 3.00 bits per heavy atom. The highest BCUT2D eigenvalue weighted by atomic mass is 16.5. The van der Waals surface area contributed by atoms with Crippen molar-refractivity contribution in [3.63, 3.8) is 0 Å². The maximum atomic E-state index is 5.72. The van der Waals surface area contributed by atoms with E-state index in [0.717, 1.165) is 35.8 Å². The van der Waals surface area contributed by atoms with Crippen LogP contribution in [-0.4, -0.2) is 27.7 Å². The second-order valence-electron chi connectivity index (χ2n) is 5.96. The van der Waals surface area contributed by atoms with Gasteiger partial charge in [0.1, 0.15) is 12.4 Å². The van der Waals surface area contributed by atoms with Crippen LogP contribution in [0.3, 0.4) is 0 Å². The molecule has 2 aromatic heterocycles. The maximum absolute atomic E-state index is 5.72. The van der Waals surface area contributed by atoms with Crippen LogP contribution in [-0.2, 0) is 17.9 Å². The molecule has 5 nitrogen and oxygen atoms in total. The Morgan fingerprint density at radius 2 is 2.09 bits per heavy atom. The Hall–Kier alpha value is -2.24. The van der Waals surface area contributed by atoms with E-state index in [0.29, 0.717) is 13.2 Å². The number of ether oxygens (including phenoxy) is 1. The third-order valence-electron chi connectivity index (χ3n) is 4.21. The third-order valence-corrected chi connectivity index (χ3v) is 4.21. The van der Waals surface area contributed by atoms with Crippen molar-refractivity contribution in [1.82, 2.24) is 19.9 Å². The molecular formula is C18H20N4O. The summed E-state index contributed by atoms with van der Waals surface area (Å²) in [5, 5.41) is 3.50. The van der Waals surface area contributed by atoms with Gasteiger partial charge in [0.15, 0.2) is 0 Å². The summed E-state index contributed by atoms with van der Waals surface area (Å²) in [6, 6.07) is 14.7. The number of aryl methyl sites for hydroxylation is 1. The molecule has 0 amide bonds. The fraction of sp³-hybridized carbons (Fsp3) is 0.333. The predicted molar refractivity (Wildman–Crippen MR) is 89.1 cm³/mol. The molecule has 1 aliphatic heterocycles. The molecule has 0 unspecified atom stereocenters. The average molecular weight is 308 g/mol. The molecule has 118 valence electrons. The zero-order valence-corrected chi connectivity index (χ0v) is 13.2. The molecule has 0 saturated heterocycles. The smallest absolute Gasteiger partial charge is 0.136 e. The number of benzene rings is 1. The summed E-state index contributed by atoms with van der Waals surface area (Å²) in [4.78, 5) is 9.21. The fourth-order valence-corrected chi connectivity index (χ4v) is 3.18. The van der Waals surface area contributed by atoms with E-state index in [1.165, 1.54) is 5.52 Å². The van der Waals surface area contributed by atoms with Crippen LogP contribution in [0.1, 0.15) is 23.3 Å². The van der Waals surface area contributed by atoms with Crippen LogP contribution >= 0.6 is 0 Å². The van der Waals surface area contributed by atoms with E-state index in [2.05, 4.69) is 44.1 Å². The Morgan fingerprint density at radius 1 is 1.17 bits per heavy atom. The molecule has 1 N–H and O–H groups in total. The molecule has 1 aliphatic rings. The Balaban J connectivity index is 1.51. The van der Waals surface area contributed by atoms with Gasteiger partial charge in [0.2, 0.25) is 0 Å². The van der Waals surface area contributed by atoms with Crippen LogP contribution in [0.5, 0.6) is 0 Å². The number of para-hydroxylation sites is 2. The lowest BCUT2D eigenvalue weighted by atomic mass is 10.2. The molecular weight excluding hydrogens is 288 g/mol. The van der Waals surface area contributed by atoms with Crippen molar-refractivity contribution in [2.24, 2.45) is 0 Å². The highest BCUT2D eigenvalue weighted by Crippen LogP contribution is 2.25. The lowest BCUT2D eigenvalue weighted by molar-refractivity contribution is 0.0564. The molecule has 1 aromatic carbocycles. The van der Waals surface area contributed by atoms with Crippen molar-refractivity contribution in [1.29, 1.82) is 0 Å². The average Bonchev–Trinajstić information content (AvgIpc) is 2.94. The molecule has 0 bridgehead atoms. The van der Waals surface area contributed by atoms with Gasteiger partial charge in [-0.3, -0.25) is 4.98 Å². The second-order valence-corrected chi connectivity index (χ2v) is 5.96. The number of hydrogen-bond acceptors (Lipinski definition) is 4. The summed E-state index contributed by atoms with van der Waals surface area (Å²) < 4.78 is 8.04. The molecule has 0 saturated carbocycles. The number of rotatable bonds is 4. The molecule has 5 heteroatoms. The van der Waals surface area contributed by atoms with E-state index >= 15 is 0 Å². The first-order valence-electron chi connectivity index (χ1n) is 7.98. The lowest BCUT2D eigenvalue weighted by Crippen LogP contribution is -2.32. The van der Waals surface area contributed by atoms with Crippen molar-refractivity contribution in [2.75, 3.05) is 13.2 Å². The molecule has 0 spiro atoms. The van der Waals surface area contributed by atoms with Gasteiger partial charge in [0.05, 0.1) is 29.4 Å². The molecule has 0 radical (unpaired) electrons. The molecule has 3 aromatic rings. The first kappa shape index (κ1) is 14.4. The van der Waals surface area contributed by atoms with Crippen LogP contribution in [0.2, 0.25) is 0 Å². The summed E-state index contributed by atoms with van der Waals surface area (Å²) in [5.74, 6) is 1.01. The SMILES string of the molecule is Cc1cccc(CNC[C@H]2COCc3nc4ccccc4n32)n1. The summed E-state index contributed by atoms with van der Waals surface area (Å²) in [7, 11) is 0. The van der Waals surface area contributed by atoms with Crippen molar-refractivity contribution in [2.45, 2.75) is 26.1 Å². The van der Waals surface area contributed by atoms with Crippen LogP contribution in [0.25, 0.3) is 11.0 Å². The summed E-state index contributed by atoms with van der Waals surface area (Å²) >= 11 is 0. The highest BCUT2D eigenvalue weighted by molar-refractivity contribution is 5.76. The standard InChI is InChI=1S/C18H20N4O/c1-13-5-4-6-14(20-13)9-19-10-15-11-23-12-18-21-16-7-2-3-8-17(16)22(15)18/h2-8,15,19H,9-12H2,1H3/t15-/m0/s1. The Bertz CT molecular complexity index is 827. The summed E-state index contributed by atoms with van der Waals surface area (Å²) in [6.07, 6.45) is 0. The van der Waals surface area contributed by atoms with E-state index in [1.54, 1.807) is 0 Å².